The van der Waals surface area contributed by atoms with Gasteiger partial charge in [-0.25, -0.2) is 4.79 Å². The van der Waals surface area contributed by atoms with Gasteiger partial charge in [0.2, 0.25) is 0 Å². The van der Waals surface area contributed by atoms with E-state index in [0.717, 1.165) is 6.29 Å². The fourth-order valence-electron chi connectivity index (χ4n) is 1.44. The zero-order valence-electron chi connectivity index (χ0n) is 6.36. The van der Waals surface area contributed by atoms with E-state index >= 15 is 0 Å². The highest BCUT2D eigenvalue weighted by Gasteiger charge is 2.31. The smallest absolute Gasteiger partial charge is 0.407 e. The van der Waals surface area contributed by atoms with Crippen LogP contribution in [0.25, 0.3) is 0 Å². The van der Waals surface area contributed by atoms with Gasteiger partial charge in [-0.15, -0.1) is 0 Å². The first-order valence-corrected chi connectivity index (χ1v) is 3.60. The lowest BCUT2D eigenvalue weighted by molar-refractivity contribution is -0.110. The van der Waals surface area contributed by atoms with Crippen molar-refractivity contribution < 1.29 is 14.7 Å². The first-order chi connectivity index (χ1) is 5.15. The Bertz CT molecular complexity index is 181. The fraction of sp³-hybridized carbons (Fsp3) is 0.714. The van der Waals surface area contributed by atoms with E-state index in [1.54, 1.807) is 0 Å². The number of nitrogens with zero attached hydrogens (tertiary/aromatic N) is 1. The number of likely N-dealkylation sites (tertiary alicyclic amines) is 1. The first kappa shape index (κ1) is 8.04. The van der Waals surface area contributed by atoms with E-state index in [2.05, 4.69) is 0 Å². The highest BCUT2D eigenvalue weighted by molar-refractivity contribution is 5.67. The van der Waals surface area contributed by atoms with Crippen molar-refractivity contribution >= 4 is 12.4 Å². The molecule has 4 heteroatoms. The van der Waals surface area contributed by atoms with Gasteiger partial charge in [0.15, 0.2) is 0 Å². The van der Waals surface area contributed by atoms with Crippen LogP contribution in [-0.2, 0) is 4.79 Å². The summed E-state index contributed by atoms with van der Waals surface area (Å²) in [4.78, 5) is 22.1. The summed E-state index contributed by atoms with van der Waals surface area (Å²) in [5.74, 6) is -0.0962. The van der Waals surface area contributed by atoms with E-state index in [-0.39, 0.29) is 12.0 Å². The van der Waals surface area contributed by atoms with Gasteiger partial charge in [-0.1, -0.05) is 0 Å². The Hall–Kier alpha value is -1.06. The van der Waals surface area contributed by atoms with Crippen LogP contribution in [0.15, 0.2) is 0 Å². The summed E-state index contributed by atoms with van der Waals surface area (Å²) in [5.41, 5.74) is 0. The molecule has 4 nitrogen and oxygen atoms in total. The van der Waals surface area contributed by atoms with Crippen molar-refractivity contribution in [1.29, 1.82) is 0 Å². The van der Waals surface area contributed by atoms with E-state index in [4.69, 9.17) is 5.11 Å². The maximum absolute atomic E-state index is 10.5. The average molecular weight is 157 g/mol. The Morgan fingerprint density at radius 1 is 1.73 bits per heavy atom. The molecule has 1 heterocycles. The number of hydrogen-bond donors (Lipinski definition) is 1. The number of carbonyl (C=O) groups is 2. The summed E-state index contributed by atoms with van der Waals surface area (Å²) < 4.78 is 0. The number of rotatable bonds is 1. The van der Waals surface area contributed by atoms with E-state index in [0.29, 0.717) is 13.0 Å². The minimum atomic E-state index is -0.929. The third kappa shape index (κ3) is 1.50. The van der Waals surface area contributed by atoms with E-state index in [9.17, 15) is 9.59 Å². The third-order valence-corrected chi connectivity index (χ3v) is 2.05. The van der Waals surface area contributed by atoms with Crippen molar-refractivity contribution in [3.63, 3.8) is 0 Å². The number of aldehydes is 1. The quantitative estimate of drug-likeness (QED) is 0.566. The second-order valence-electron chi connectivity index (χ2n) is 2.92. The van der Waals surface area contributed by atoms with E-state index < -0.39 is 6.09 Å². The fourth-order valence-corrected chi connectivity index (χ4v) is 1.44. The maximum Gasteiger partial charge on any atom is 0.407 e. The van der Waals surface area contributed by atoms with Crippen LogP contribution in [0.4, 0.5) is 4.79 Å². The Labute approximate surface area is 64.8 Å². The first-order valence-electron chi connectivity index (χ1n) is 3.60. The molecular weight excluding hydrogens is 146 g/mol. The highest BCUT2D eigenvalue weighted by Crippen LogP contribution is 2.20. The summed E-state index contributed by atoms with van der Waals surface area (Å²) in [5, 5.41) is 8.61. The van der Waals surface area contributed by atoms with Crippen molar-refractivity contribution in [3.8, 4) is 0 Å². The molecule has 1 aliphatic heterocycles. The van der Waals surface area contributed by atoms with Crippen LogP contribution in [0.3, 0.4) is 0 Å². The lowest BCUT2D eigenvalue weighted by Gasteiger charge is -2.16. The SMILES string of the molecule is CC1CC(C=O)CN1C(=O)O. The second-order valence-corrected chi connectivity index (χ2v) is 2.92. The monoisotopic (exact) mass is 157 g/mol. The molecule has 2 unspecified atom stereocenters. The van der Waals surface area contributed by atoms with Crippen LogP contribution in [0.5, 0.6) is 0 Å². The summed E-state index contributed by atoms with van der Waals surface area (Å²) in [7, 11) is 0. The zero-order valence-corrected chi connectivity index (χ0v) is 6.36. The second kappa shape index (κ2) is 2.90. The Kier molecular flexibility index (Phi) is 2.12. The van der Waals surface area contributed by atoms with Gasteiger partial charge >= 0.3 is 6.09 Å². The number of amides is 1. The standard InChI is InChI=1S/C7H11NO3/c1-5-2-6(4-9)3-8(5)7(10)11/h4-6H,2-3H2,1H3,(H,10,11). The van der Waals surface area contributed by atoms with Crippen LogP contribution < -0.4 is 0 Å². The molecule has 1 N–H and O–H groups in total. The summed E-state index contributed by atoms with van der Waals surface area (Å²) in [6, 6.07) is -0.0114. The minimum absolute atomic E-state index is 0.0114. The van der Waals surface area contributed by atoms with Gasteiger partial charge in [0.1, 0.15) is 6.29 Å². The molecular formula is C7H11NO3. The highest BCUT2D eigenvalue weighted by atomic mass is 16.4. The average Bonchev–Trinajstić information content (AvgIpc) is 2.30. The van der Waals surface area contributed by atoms with Crippen molar-refractivity contribution in [1.82, 2.24) is 4.90 Å². The molecule has 1 amide bonds. The molecule has 1 rings (SSSR count). The van der Waals surface area contributed by atoms with Gasteiger partial charge in [-0.3, -0.25) is 0 Å². The summed E-state index contributed by atoms with van der Waals surface area (Å²) in [6.07, 6.45) is 0.566. The van der Waals surface area contributed by atoms with Crippen molar-refractivity contribution in [2.75, 3.05) is 6.54 Å². The molecule has 0 aromatic carbocycles. The molecule has 1 aliphatic rings. The summed E-state index contributed by atoms with van der Waals surface area (Å²) in [6.45, 7) is 2.18. The van der Waals surface area contributed by atoms with Crippen LogP contribution in [-0.4, -0.2) is 35.0 Å². The largest absolute Gasteiger partial charge is 0.465 e. The molecule has 62 valence electrons. The minimum Gasteiger partial charge on any atom is -0.465 e. The van der Waals surface area contributed by atoms with Crippen molar-refractivity contribution in [3.05, 3.63) is 0 Å². The van der Waals surface area contributed by atoms with Gasteiger partial charge in [0.25, 0.3) is 0 Å². The van der Waals surface area contributed by atoms with Gasteiger partial charge in [-0.2, -0.15) is 0 Å². The predicted molar refractivity (Wildman–Crippen MR) is 38.4 cm³/mol. The van der Waals surface area contributed by atoms with Gasteiger partial charge in [-0.05, 0) is 13.3 Å². The normalized spacial score (nSPS) is 30.5. The predicted octanol–water partition coefficient (Wildman–Crippen LogP) is 0.574. The van der Waals surface area contributed by atoms with Gasteiger partial charge < -0.3 is 14.8 Å². The lowest BCUT2D eigenvalue weighted by Crippen LogP contribution is -2.32. The molecule has 0 aromatic rings. The van der Waals surface area contributed by atoms with E-state index in [1.807, 2.05) is 6.92 Å². The number of hydrogen-bond acceptors (Lipinski definition) is 2. The molecule has 0 aromatic heterocycles. The lowest BCUT2D eigenvalue weighted by atomic mass is 10.1. The molecule has 11 heavy (non-hydrogen) atoms. The van der Waals surface area contributed by atoms with Crippen LogP contribution in [0.2, 0.25) is 0 Å². The van der Waals surface area contributed by atoms with Crippen LogP contribution >= 0.6 is 0 Å². The van der Waals surface area contributed by atoms with Crippen LogP contribution in [0.1, 0.15) is 13.3 Å². The molecule has 1 fully saturated rings. The number of carboxylic acid groups (broad SMARTS) is 1. The molecule has 0 aliphatic carbocycles. The molecule has 1 saturated heterocycles. The van der Waals surface area contributed by atoms with Crippen molar-refractivity contribution in [2.45, 2.75) is 19.4 Å². The molecule has 0 bridgehead atoms. The van der Waals surface area contributed by atoms with Gasteiger partial charge in [0.05, 0.1) is 0 Å². The molecule has 2 atom stereocenters. The van der Waals surface area contributed by atoms with Crippen molar-refractivity contribution in [2.24, 2.45) is 5.92 Å². The Morgan fingerprint density at radius 2 is 2.36 bits per heavy atom. The zero-order chi connectivity index (χ0) is 8.43. The molecule has 0 radical (unpaired) electrons. The third-order valence-electron chi connectivity index (χ3n) is 2.05. The van der Waals surface area contributed by atoms with Crippen LogP contribution in [0, 0.1) is 5.92 Å². The van der Waals surface area contributed by atoms with E-state index in [1.165, 1.54) is 4.90 Å². The van der Waals surface area contributed by atoms with Gasteiger partial charge in [0, 0.05) is 18.5 Å². The molecule has 0 spiro atoms. The topological polar surface area (TPSA) is 57.6 Å². The molecule has 0 saturated carbocycles. The Morgan fingerprint density at radius 3 is 2.64 bits per heavy atom. The summed E-state index contributed by atoms with van der Waals surface area (Å²) >= 11 is 0. The Balaban J connectivity index is 2.58. The maximum atomic E-state index is 10.5. The number of carbonyl (C=O) groups excluding carboxylic acids is 1.